The number of ketones is 1. The van der Waals surface area contributed by atoms with Gasteiger partial charge in [0.05, 0.1) is 22.4 Å². The first-order valence-electron chi connectivity index (χ1n) is 12.1. The summed E-state index contributed by atoms with van der Waals surface area (Å²) in [6.07, 6.45) is 0.864. The van der Waals surface area contributed by atoms with Gasteiger partial charge in [0.2, 0.25) is 5.91 Å². The van der Waals surface area contributed by atoms with Gasteiger partial charge in [-0.15, -0.1) is 0 Å². The van der Waals surface area contributed by atoms with Crippen LogP contribution in [-0.4, -0.2) is 52.0 Å². The molecule has 12 heteroatoms. The molecule has 11 nitrogen and oxygen atoms in total. The first-order valence-corrected chi connectivity index (χ1v) is 12.5. The van der Waals surface area contributed by atoms with E-state index in [-0.39, 0.29) is 22.6 Å². The molecule has 0 saturated carbocycles. The second-order valence-corrected chi connectivity index (χ2v) is 10.5. The molecule has 2 aromatic rings. The molecular formula is C26H28ClN5O6. The number of amides is 2. The van der Waals surface area contributed by atoms with Gasteiger partial charge >= 0.3 is 6.09 Å². The van der Waals surface area contributed by atoms with Crippen molar-refractivity contribution in [1.82, 2.24) is 15.8 Å². The lowest BCUT2D eigenvalue weighted by Gasteiger charge is -2.32. The normalized spacial score (nSPS) is 17.9. The van der Waals surface area contributed by atoms with Crippen LogP contribution < -0.4 is 10.9 Å². The van der Waals surface area contributed by atoms with Gasteiger partial charge in [0.1, 0.15) is 11.5 Å². The van der Waals surface area contributed by atoms with Crippen LogP contribution in [-0.2, 0) is 9.53 Å². The number of non-ortho nitro benzene ring substituents is 1. The Bertz CT molecular complexity index is 1300. The summed E-state index contributed by atoms with van der Waals surface area (Å²) < 4.78 is 5.31. The number of benzene rings is 2. The molecule has 2 aliphatic rings. The van der Waals surface area contributed by atoms with E-state index in [9.17, 15) is 24.5 Å². The van der Waals surface area contributed by atoms with Gasteiger partial charge in [-0.1, -0.05) is 23.7 Å². The van der Waals surface area contributed by atoms with Crippen LogP contribution in [0.2, 0.25) is 5.02 Å². The van der Waals surface area contributed by atoms with E-state index in [0.717, 1.165) is 12.8 Å². The number of nitrogens with one attached hydrogen (secondary N) is 2. The number of hydrazine groups is 1. The zero-order valence-corrected chi connectivity index (χ0v) is 21.9. The Morgan fingerprint density at radius 1 is 1.16 bits per heavy atom. The van der Waals surface area contributed by atoms with Crippen molar-refractivity contribution in [3.63, 3.8) is 0 Å². The second kappa shape index (κ2) is 10.9. The van der Waals surface area contributed by atoms with Gasteiger partial charge in [-0.3, -0.25) is 30.1 Å². The Hall–Kier alpha value is -3.83. The highest BCUT2D eigenvalue weighted by molar-refractivity contribution is 6.33. The molecule has 1 fully saturated rings. The average molecular weight is 542 g/mol. The number of likely N-dealkylation sites (tertiary alicyclic amines) is 1. The highest BCUT2D eigenvalue weighted by atomic mass is 35.5. The molecule has 2 N–H and O–H groups in total. The third-order valence-corrected chi connectivity index (χ3v) is 6.38. The number of Topliss-reactive ketones (excluding diaryl/α,β-unsaturated/α-hetero) is 1. The molecule has 0 bridgehead atoms. The molecule has 2 heterocycles. The minimum absolute atomic E-state index is 0.131. The molecule has 0 aliphatic carbocycles. The molecule has 2 unspecified atom stereocenters. The maximum absolute atomic E-state index is 13.7. The molecule has 2 aromatic carbocycles. The van der Waals surface area contributed by atoms with Crippen molar-refractivity contribution in [3.8, 4) is 0 Å². The van der Waals surface area contributed by atoms with Gasteiger partial charge in [0, 0.05) is 35.8 Å². The molecular weight excluding hydrogens is 514 g/mol. The van der Waals surface area contributed by atoms with Crippen LogP contribution >= 0.6 is 11.6 Å². The molecule has 0 aromatic heterocycles. The number of carbonyl (C=O) groups is 3. The van der Waals surface area contributed by atoms with E-state index < -0.39 is 40.3 Å². The van der Waals surface area contributed by atoms with Crippen LogP contribution in [0, 0.1) is 16.0 Å². The molecule has 4 rings (SSSR count). The summed E-state index contributed by atoms with van der Waals surface area (Å²) in [7, 11) is 0. The summed E-state index contributed by atoms with van der Waals surface area (Å²) in [6, 6.07) is 9.17. The fraction of sp³-hybridized carbons (Fsp3) is 0.385. The Balaban J connectivity index is 1.80. The highest BCUT2D eigenvalue weighted by Crippen LogP contribution is 2.36. The molecule has 38 heavy (non-hydrogen) atoms. The number of fused-ring (bicyclic) bond motifs is 1. The third-order valence-electron chi connectivity index (χ3n) is 6.15. The zero-order valence-electron chi connectivity index (χ0n) is 21.2. The lowest BCUT2D eigenvalue weighted by Crippen LogP contribution is -2.51. The van der Waals surface area contributed by atoms with Crippen LogP contribution in [0.3, 0.4) is 0 Å². The summed E-state index contributed by atoms with van der Waals surface area (Å²) in [6.45, 7) is 6.16. The summed E-state index contributed by atoms with van der Waals surface area (Å²) >= 11 is 6.17. The minimum Gasteiger partial charge on any atom is -0.443 e. The van der Waals surface area contributed by atoms with Crippen molar-refractivity contribution < 1.29 is 24.0 Å². The fourth-order valence-corrected chi connectivity index (χ4v) is 4.61. The molecule has 2 atom stereocenters. The number of ether oxygens (including phenoxy) is 1. The number of hydrogen-bond acceptors (Lipinski definition) is 8. The first kappa shape index (κ1) is 27.2. The van der Waals surface area contributed by atoms with E-state index in [1.165, 1.54) is 36.4 Å². The third kappa shape index (κ3) is 6.00. The van der Waals surface area contributed by atoms with Gasteiger partial charge in [0.25, 0.3) is 5.69 Å². The molecule has 0 spiro atoms. The van der Waals surface area contributed by atoms with Crippen LogP contribution in [0.15, 0.2) is 47.5 Å². The largest absolute Gasteiger partial charge is 0.443 e. The lowest BCUT2D eigenvalue weighted by atomic mass is 9.83. The van der Waals surface area contributed by atoms with E-state index in [1.807, 2.05) is 0 Å². The van der Waals surface area contributed by atoms with E-state index in [1.54, 1.807) is 31.7 Å². The number of nitrogens with zero attached hydrogens (tertiary/aromatic N) is 3. The highest BCUT2D eigenvalue weighted by Gasteiger charge is 2.43. The topological polar surface area (TPSA) is 143 Å². The second-order valence-electron chi connectivity index (χ2n) is 10.1. The van der Waals surface area contributed by atoms with Crippen molar-refractivity contribution in [2.24, 2.45) is 10.9 Å². The Kier molecular flexibility index (Phi) is 7.79. The summed E-state index contributed by atoms with van der Waals surface area (Å²) in [4.78, 5) is 56.9. The number of nitro benzene ring substituents is 1. The maximum Gasteiger partial charge on any atom is 0.422 e. The number of rotatable bonds is 6. The summed E-state index contributed by atoms with van der Waals surface area (Å²) in [5.74, 6) is -2.10. The van der Waals surface area contributed by atoms with Gasteiger partial charge in [-0.05, 0) is 57.4 Å². The molecule has 1 saturated heterocycles. The van der Waals surface area contributed by atoms with Gasteiger partial charge < -0.3 is 9.64 Å². The monoisotopic (exact) mass is 541 g/mol. The van der Waals surface area contributed by atoms with Crippen LogP contribution in [0.25, 0.3) is 0 Å². The molecule has 0 radical (unpaired) electrons. The van der Waals surface area contributed by atoms with Gasteiger partial charge in [-0.2, -0.15) is 0 Å². The van der Waals surface area contributed by atoms with Crippen molar-refractivity contribution >= 4 is 46.5 Å². The average Bonchev–Trinajstić information content (AvgIpc) is 3.38. The van der Waals surface area contributed by atoms with E-state index in [4.69, 9.17) is 21.3 Å². The van der Waals surface area contributed by atoms with Crippen LogP contribution in [0.5, 0.6) is 0 Å². The van der Waals surface area contributed by atoms with Crippen molar-refractivity contribution in [1.29, 1.82) is 0 Å². The fourth-order valence-electron chi connectivity index (χ4n) is 4.44. The minimum atomic E-state index is -1.27. The molecule has 200 valence electrons. The van der Waals surface area contributed by atoms with Gasteiger partial charge in [-0.25, -0.2) is 10.2 Å². The number of nitro groups is 1. The quantitative estimate of drug-likeness (QED) is 0.310. The Labute approximate surface area is 224 Å². The SMILES string of the molecule is CC(C)(C)OC(=O)NNC(C1=Nc2cc(Cl)ccc2C(=O)C1C(=O)N1CCCC1)c1ccc([N+](=O)[O-])cc1. The van der Waals surface area contributed by atoms with Crippen molar-refractivity contribution in [2.75, 3.05) is 13.1 Å². The Morgan fingerprint density at radius 2 is 1.82 bits per heavy atom. The number of hydrogen-bond donors (Lipinski definition) is 2. The van der Waals surface area contributed by atoms with Crippen LogP contribution in [0.1, 0.15) is 55.6 Å². The Morgan fingerprint density at radius 3 is 2.42 bits per heavy atom. The smallest absolute Gasteiger partial charge is 0.422 e. The van der Waals surface area contributed by atoms with E-state index in [0.29, 0.717) is 23.7 Å². The number of aliphatic imine (C=N–C) groups is 1. The predicted octanol–water partition coefficient (Wildman–Crippen LogP) is 4.53. The summed E-state index contributed by atoms with van der Waals surface area (Å²) in [5, 5.41) is 11.6. The standard InChI is InChI=1S/C26H28ClN5O6/c1-26(2,3)38-25(35)30-29-21(15-6-9-17(10-7-15)32(36)37)22-20(24(34)31-12-4-5-13-31)23(33)18-11-8-16(27)14-19(18)28-22/h6-11,14,20-21,29H,4-5,12-13H2,1-3H3,(H,30,35). The lowest BCUT2D eigenvalue weighted by molar-refractivity contribution is -0.384. The van der Waals surface area contributed by atoms with Crippen molar-refractivity contribution in [3.05, 3.63) is 68.7 Å². The van der Waals surface area contributed by atoms with Crippen LogP contribution in [0.4, 0.5) is 16.2 Å². The molecule has 2 amide bonds. The van der Waals surface area contributed by atoms with Crippen molar-refractivity contribution in [2.45, 2.75) is 45.3 Å². The summed E-state index contributed by atoms with van der Waals surface area (Å²) in [5.41, 5.74) is 5.49. The first-order chi connectivity index (χ1) is 17.9. The van der Waals surface area contributed by atoms with Gasteiger partial charge in [0.15, 0.2) is 5.78 Å². The maximum atomic E-state index is 13.7. The number of halogens is 1. The zero-order chi connectivity index (χ0) is 27.6. The predicted molar refractivity (Wildman–Crippen MR) is 141 cm³/mol. The molecule has 2 aliphatic heterocycles. The van der Waals surface area contributed by atoms with E-state index >= 15 is 0 Å². The number of carbonyl (C=O) groups excluding carboxylic acids is 3. The van der Waals surface area contributed by atoms with E-state index in [2.05, 4.69) is 10.9 Å².